The van der Waals surface area contributed by atoms with E-state index >= 15 is 0 Å². The van der Waals surface area contributed by atoms with Crippen LogP contribution in [0.2, 0.25) is 0 Å². The highest BCUT2D eigenvalue weighted by Crippen LogP contribution is 2.39. The molecule has 0 radical (unpaired) electrons. The molecule has 8 nitrogen and oxygen atoms in total. The van der Waals surface area contributed by atoms with E-state index in [0.29, 0.717) is 12.5 Å². The van der Waals surface area contributed by atoms with Crippen molar-refractivity contribution in [2.24, 2.45) is 23.7 Å². The first-order valence-electron chi connectivity index (χ1n) is 17.2. The van der Waals surface area contributed by atoms with Gasteiger partial charge in [0.15, 0.2) is 0 Å². The Balaban J connectivity index is 1.51. The Kier molecular flexibility index (Phi) is 12.6. The van der Waals surface area contributed by atoms with Gasteiger partial charge in [-0.2, -0.15) is 0 Å². The highest BCUT2D eigenvalue weighted by Gasteiger charge is 2.46. The molecule has 8 heteroatoms. The van der Waals surface area contributed by atoms with Gasteiger partial charge in [-0.15, -0.1) is 0 Å². The van der Waals surface area contributed by atoms with Crippen LogP contribution in [0.4, 0.5) is 0 Å². The minimum absolute atomic E-state index is 0.0171. The average molecular weight is 594 g/mol. The maximum absolute atomic E-state index is 13.7. The van der Waals surface area contributed by atoms with Crippen LogP contribution in [0.5, 0.6) is 0 Å². The van der Waals surface area contributed by atoms with Crippen LogP contribution in [0.1, 0.15) is 119 Å². The molecule has 0 aliphatic carbocycles. The first kappa shape index (κ1) is 33.7. The monoisotopic (exact) mass is 593 g/mol. The van der Waals surface area contributed by atoms with E-state index in [1.54, 1.807) is 0 Å². The lowest BCUT2D eigenvalue weighted by Gasteiger charge is -2.36. The van der Waals surface area contributed by atoms with Gasteiger partial charge in [-0.25, -0.2) is 0 Å². The molecule has 13 atom stereocenters. The molecule has 0 spiro atoms. The van der Waals surface area contributed by atoms with E-state index in [9.17, 15) is 9.59 Å². The zero-order chi connectivity index (χ0) is 30.4. The molecule has 4 rings (SSSR count). The number of nitrogens with one attached hydrogen (secondary N) is 1. The summed E-state index contributed by atoms with van der Waals surface area (Å²) < 4.78 is 32.1. The van der Waals surface area contributed by atoms with Crippen LogP contribution in [-0.4, -0.2) is 73.9 Å². The highest BCUT2D eigenvalue weighted by molar-refractivity contribution is 5.73. The highest BCUT2D eigenvalue weighted by atomic mass is 16.6. The number of fused-ring (bicyclic) bond motifs is 4. The number of rotatable bonds is 9. The second kappa shape index (κ2) is 15.7. The van der Waals surface area contributed by atoms with E-state index in [1.807, 2.05) is 20.9 Å². The maximum atomic E-state index is 13.7. The molecule has 4 aliphatic heterocycles. The van der Waals surface area contributed by atoms with Crippen molar-refractivity contribution in [2.45, 2.75) is 173 Å². The van der Waals surface area contributed by atoms with Crippen LogP contribution < -0.4 is 5.32 Å². The van der Waals surface area contributed by atoms with E-state index in [-0.39, 0.29) is 84.4 Å². The number of cyclic esters (lactones) is 2. The van der Waals surface area contributed by atoms with Crippen LogP contribution in [0, 0.1) is 23.7 Å². The molecule has 1 N–H and O–H groups in total. The molecule has 42 heavy (non-hydrogen) atoms. The smallest absolute Gasteiger partial charge is 0.311 e. The Morgan fingerprint density at radius 1 is 0.786 bits per heavy atom. The first-order valence-corrected chi connectivity index (χ1v) is 17.2. The summed E-state index contributed by atoms with van der Waals surface area (Å²) in [5, 5.41) is 3.45. The van der Waals surface area contributed by atoms with Crippen molar-refractivity contribution in [3.05, 3.63) is 0 Å². The van der Waals surface area contributed by atoms with E-state index in [2.05, 4.69) is 33.0 Å². The maximum Gasteiger partial charge on any atom is 0.311 e. The van der Waals surface area contributed by atoms with Crippen molar-refractivity contribution in [2.75, 3.05) is 7.05 Å². The Morgan fingerprint density at radius 2 is 1.45 bits per heavy atom. The molecule has 0 aromatic rings. The first-order chi connectivity index (χ1) is 20.1. The Hall–Kier alpha value is -1.22. The normalized spacial score (nSPS) is 41.4. The predicted molar refractivity (Wildman–Crippen MR) is 162 cm³/mol. The topological polar surface area (TPSA) is 92.3 Å². The fourth-order valence-corrected chi connectivity index (χ4v) is 7.83. The van der Waals surface area contributed by atoms with Gasteiger partial charge in [-0.05, 0) is 78.7 Å². The van der Waals surface area contributed by atoms with Crippen LogP contribution >= 0.6 is 0 Å². The molecule has 0 amide bonds. The molecule has 242 valence electrons. The van der Waals surface area contributed by atoms with Crippen LogP contribution in [0.15, 0.2) is 0 Å². The molecule has 4 fully saturated rings. The van der Waals surface area contributed by atoms with Gasteiger partial charge in [0.05, 0.1) is 48.5 Å². The minimum Gasteiger partial charge on any atom is -0.462 e. The lowest BCUT2D eigenvalue weighted by molar-refractivity contribution is -0.175. The van der Waals surface area contributed by atoms with Gasteiger partial charge in [0.1, 0.15) is 12.2 Å². The number of hydrogen-bond acceptors (Lipinski definition) is 8. The number of esters is 2. The minimum atomic E-state index is -0.364. The van der Waals surface area contributed by atoms with Crippen molar-refractivity contribution in [1.82, 2.24) is 5.32 Å². The van der Waals surface area contributed by atoms with E-state index in [4.69, 9.17) is 23.7 Å². The molecule has 0 aromatic heterocycles. The lowest BCUT2D eigenvalue weighted by atomic mass is 9.84. The third-order valence-corrected chi connectivity index (χ3v) is 10.7. The summed E-state index contributed by atoms with van der Waals surface area (Å²) in [6.45, 7) is 12.5. The fourth-order valence-electron chi connectivity index (χ4n) is 7.83. The van der Waals surface area contributed by atoms with E-state index in [1.165, 1.54) is 0 Å². The van der Waals surface area contributed by atoms with Gasteiger partial charge in [-0.3, -0.25) is 9.59 Å². The van der Waals surface area contributed by atoms with Crippen molar-refractivity contribution in [3.8, 4) is 0 Å². The molecular formula is C34H59NO7. The predicted octanol–water partition coefficient (Wildman–Crippen LogP) is 5.98. The summed E-state index contributed by atoms with van der Waals surface area (Å²) in [5.74, 6) is -1.08. The fraction of sp³-hybridized carbons (Fsp3) is 0.941. The average Bonchev–Trinajstić information content (AvgIpc) is 3.75. The second-order valence-electron chi connectivity index (χ2n) is 13.8. The zero-order valence-corrected chi connectivity index (χ0v) is 27.3. The lowest BCUT2D eigenvalue weighted by Crippen LogP contribution is -2.44. The Morgan fingerprint density at radius 3 is 2.14 bits per heavy atom. The molecule has 4 aliphatic rings. The van der Waals surface area contributed by atoms with Gasteiger partial charge in [0.25, 0.3) is 0 Å². The largest absolute Gasteiger partial charge is 0.462 e. The molecule has 4 saturated heterocycles. The van der Waals surface area contributed by atoms with Gasteiger partial charge in [-0.1, -0.05) is 40.5 Å². The number of hydrogen-bond donors (Lipinski definition) is 1. The third-order valence-electron chi connectivity index (χ3n) is 10.7. The number of ether oxygens (including phenoxy) is 5. The van der Waals surface area contributed by atoms with Gasteiger partial charge >= 0.3 is 11.9 Å². The van der Waals surface area contributed by atoms with Gasteiger partial charge in [0, 0.05) is 24.3 Å². The van der Waals surface area contributed by atoms with Crippen molar-refractivity contribution < 1.29 is 33.3 Å². The van der Waals surface area contributed by atoms with E-state index in [0.717, 1.165) is 70.6 Å². The summed E-state index contributed by atoms with van der Waals surface area (Å²) in [7, 11) is 2.03. The second-order valence-corrected chi connectivity index (χ2v) is 13.8. The summed E-state index contributed by atoms with van der Waals surface area (Å²) >= 11 is 0. The van der Waals surface area contributed by atoms with Gasteiger partial charge < -0.3 is 29.0 Å². The van der Waals surface area contributed by atoms with Crippen molar-refractivity contribution in [1.29, 1.82) is 0 Å². The Labute approximate surface area is 254 Å². The van der Waals surface area contributed by atoms with E-state index < -0.39 is 0 Å². The summed E-state index contributed by atoms with van der Waals surface area (Å²) in [6.07, 6.45) is 10.3. The number of carbonyl (C=O) groups is 2. The quantitative estimate of drug-likeness (QED) is 0.327. The summed E-state index contributed by atoms with van der Waals surface area (Å²) in [6, 6.07) is 0.458. The zero-order valence-electron chi connectivity index (χ0n) is 27.3. The molecule has 6 unspecified atom stereocenters. The van der Waals surface area contributed by atoms with Crippen molar-refractivity contribution in [3.63, 3.8) is 0 Å². The van der Waals surface area contributed by atoms with Crippen LogP contribution in [-0.2, 0) is 33.3 Å². The SMILES string of the molecule is CCCC(CC1CC[C@H]([C@@H](C)C2OC(=O)[C@@H](C)[C@H]3CCC(CC(CCC)OC(=O)[C@H](C)[C@H]4CCC(O4)[C@H]2C)O3)O1)NC. The summed E-state index contributed by atoms with van der Waals surface area (Å²) in [4.78, 5) is 26.9. The molecule has 4 heterocycles. The molecule has 4 bridgehead atoms. The standard InChI is InChI=1S/C34H59NO7/c1-8-10-24(35-7)18-26-12-14-28(38-26)20(3)32-21(4)29-16-17-31(41-29)23(6)33(36)40-25(11-9-2)19-27-13-15-30(39-27)22(5)34(37)42-32/h20-32,35H,8-19H2,1-7H3/t20-,21-,22+,23-,24?,25?,26?,27?,28-,29?,30-,31-,32?/m1/s1. The molecule has 0 aromatic carbocycles. The van der Waals surface area contributed by atoms with Crippen LogP contribution in [0.25, 0.3) is 0 Å². The summed E-state index contributed by atoms with van der Waals surface area (Å²) in [5.41, 5.74) is 0. The Bertz CT molecular complexity index is 869. The molecular weight excluding hydrogens is 534 g/mol. The van der Waals surface area contributed by atoms with Gasteiger partial charge in [0.2, 0.25) is 0 Å². The van der Waals surface area contributed by atoms with Crippen molar-refractivity contribution >= 4 is 11.9 Å². The van der Waals surface area contributed by atoms with Crippen LogP contribution in [0.3, 0.4) is 0 Å². The third kappa shape index (κ3) is 8.28. The molecule has 0 saturated carbocycles. The number of carbonyl (C=O) groups excluding carboxylic acids is 2.